The minimum absolute atomic E-state index is 0.0137. The van der Waals surface area contributed by atoms with Gasteiger partial charge in [0.1, 0.15) is 11.4 Å². The minimum atomic E-state index is -0.210. The molecule has 1 amide bonds. The van der Waals surface area contributed by atoms with Gasteiger partial charge in [-0.1, -0.05) is 19.1 Å². The Balaban J connectivity index is 1.66. The molecule has 1 aromatic carbocycles. The Morgan fingerprint density at radius 1 is 1.06 bits per heavy atom. The van der Waals surface area contributed by atoms with Crippen molar-refractivity contribution < 1.29 is 9.53 Å². The van der Waals surface area contributed by atoms with Crippen LogP contribution in [0.2, 0.25) is 0 Å². The molecule has 4 heterocycles. The van der Waals surface area contributed by atoms with Crippen molar-refractivity contribution in [3.8, 4) is 22.4 Å². The number of aromatic nitrogens is 4. The smallest absolute Gasteiger partial charge is 0.270 e. The van der Waals surface area contributed by atoms with Crippen LogP contribution < -0.4 is 10.6 Å². The van der Waals surface area contributed by atoms with Crippen molar-refractivity contribution in [2.75, 3.05) is 25.6 Å². The Labute approximate surface area is 198 Å². The number of nitrogens with zero attached hydrogens (tertiary/aromatic N) is 4. The lowest BCUT2D eigenvalue weighted by Gasteiger charge is -2.15. The first-order valence-electron chi connectivity index (χ1n) is 11.4. The summed E-state index contributed by atoms with van der Waals surface area (Å²) in [6.45, 7) is 7.19. The number of nitrogens with one attached hydrogen (secondary N) is 2. The van der Waals surface area contributed by atoms with Gasteiger partial charge in [0, 0.05) is 41.8 Å². The van der Waals surface area contributed by atoms with Crippen molar-refractivity contribution in [2.45, 2.75) is 26.8 Å². The van der Waals surface area contributed by atoms with E-state index in [4.69, 9.17) is 14.8 Å². The van der Waals surface area contributed by atoms with Gasteiger partial charge in [-0.2, -0.15) is 5.10 Å². The quantitative estimate of drug-likeness (QED) is 0.473. The summed E-state index contributed by atoms with van der Waals surface area (Å²) in [5.41, 5.74) is 7.38. The lowest BCUT2D eigenvalue weighted by atomic mass is 10.00. The highest BCUT2D eigenvalue weighted by atomic mass is 16.5. The van der Waals surface area contributed by atoms with Crippen molar-refractivity contribution in [3.63, 3.8) is 0 Å². The number of carbonyl (C=O) groups is 1. The molecular weight excluding hydrogens is 428 g/mol. The molecule has 3 aromatic heterocycles. The summed E-state index contributed by atoms with van der Waals surface area (Å²) in [7, 11) is 1.89. The van der Waals surface area contributed by atoms with Gasteiger partial charge in [-0.05, 0) is 49.7 Å². The summed E-state index contributed by atoms with van der Waals surface area (Å²) in [6.07, 6.45) is 1.79. The Bertz CT molecular complexity index is 1360. The second-order valence-electron chi connectivity index (χ2n) is 8.87. The molecule has 0 radical (unpaired) electrons. The summed E-state index contributed by atoms with van der Waals surface area (Å²) in [5.74, 6) is 0.0600. The molecule has 1 saturated heterocycles. The molecular formula is C26H28N6O2. The maximum atomic E-state index is 13.0. The van der Waals surface area contributed by atoms with Crippen LogP contribution in [-0.4, -0.2) is 51.8 Å². The van der Waals surface area contributed by atoms with Gasteiger partial charge in [0.2, 0.25) is 0 Å². The molecule has 174 valence electrons. The maximum absolute atomic E-state index is 13.0. The highest BCUT2D eigenvalue weighted by Gasteiger charge is 2.27. The zero-order valence-corrected chi connectivity index (χ0v) is 19.8. The van der Waals surface area contributed by atoms with Gasteiger partial charge in [0.15, 0.2) is 5.65 Å². The third-order valence-corrected chi connectivity index (χ3v) is 6.19. The summed E-state index contributed by atoms with van der Waals surface area (Å²) in [5, 5.41) is 11.1. The Morgan fingerprint density at radius 2 is 1.85 bits per heavy atom. The van der Waals surface area contributed by atoms with E-state index in [1.807, 2.05) is 51.2 Å². The van der Waals surface area contributed by atoms with Crippen LogP contribution in [0.1, 0.15) is 28.8 Å². The SMILES string of the molecule is CNc1cccc(-c2nn3ccc(C(=O)N[C@H]4COC[C@H]4C)nc3c2-c2cc(C)nc(C)c2)c1. The number of amides is 1. The van der Waals surface area contributed by atoms with Gasteiger partial charge in [-0.3, -0.25) is 9.78 Å². The average Bonchev–Trinajstić information content (AvgIpc) is 3.41. The molecule has 2 N–H and O–H groups in total. The average molecular weight is 457 g/mol. The molecule has 5 rings (SSSR count). The molecule has 1 aliphatic rings. The predicted molar refractivity (Wildman–Crippen MR) is 132 cm³/mol. The van der Waals surface area contributed by atoms with Crippen molar-refractivity contribution in [1.29, 1.82) is 0 Å². The molecule has 1 aliphatic heterocycles. The van der Waals surface area contributed by atoms with E-state index < -0.39 is 0 Å². The number of hydrogen-bond donors (Lipinski definition) is 2. The maximum Gasteiger partial charge on any atom is 0.270 e. The fourth-order valence-corrected chi connectivity index (χ4v) is 4.41. The number of carbonyl (C=O) groups excluding carboxylic acids is 1. The fourth-order valence-electron chi connectivity index (χ4n) is 4.41. The molecule has 0 unspecified atom stereocenters. The number of ether oxygens (including phenoxy) is 1. The van der Waals surface area contributed by atoms with Gasteiger partial charge < -0.3 is 15.4 Å². The number of anilines is 1. The topological polar surface area (TPSA) is 93.4 Å². The number of rotatable bonds is 5. The molecule has 0 saturated carbocycles. The number of fused-ring (bicyclic) bond motifs is 1. The fraction of sp³-hybridized carbons (Fsp3) is 0.308. The predicted octanol–water partition coefficient (Wildman–Crippen LogP) is 3.88. The van der Waals surface area contributed by atoms with Crippen molar-refractivity contribution in [2.24, 2.45) is 5.92 Å². The van der Waals surface area contributed by atoms with E-state index in [1.54, 1.807) is 16.8 Å². The second kappa shape index (κ2) is 8.87. The molecule has 0 spiro atoms. The molecule has 0 aliphatic carbocycles. The van der Waals surface area contributed by atoms with E-state index in [1.165, 1.54) is 0 Å². The third kappa shape index (κ3) is 4.12. The number of hydrogen-bond acceptors (Lipinski definition) is 6. The number of pyridine rings is 1. The highest BCUT2D eigenvalue weighted by molar-refractivity contribution is 5.95. The second-order valence-corrected chi connectivity index (χ2v) is 8.87. The summed E-state index contributed by atoms with van der Waals surface area (Å²) in [4.78, 5) is 22.3. The van der Waals surface area contributed by atoms with Crippen molar-refractivity contribution in [1.82, 2.24) is 24.9 Å². The first-order valence-corrected chi connectivity index (χ1v) is 11.4. The van der Waals surface area contributed by atoms with Crippen LogP contribution in [0, 0.1) is 19.8 Å². The van der Waals surface area contributed by atoms with Crippen molar-refractivity contribution in [3.05, 3.63) is 65.7 Å². The zero-order valence-electron chi connectivity index (χ0n) is 19.8. The Hall–Kier alpha value is -3.78. The molecule has 0 bridgehead atoms. The molecule has 8 heteroatoms. The minimum Gasteiger partial charge on any atom is -0.388 e. The van der Waals surface area contributed by atoms with Gasteiger partial charge in [-0.15, -0.1) is 0 Å². The number of aryl methyl sites for hydroxylation is 2. The lowest BCUT2D eigenvalue weighted by molar-refractivity contribution is 0.0921. The Kier molecular flexibility index (Phi) is 5.75. The van der Waals surface area contributed by atoms with E-state index >= 15 is 0 Å². The normalized spacial score (nSPS) is 17.8. The Morgan fingerprint density at radius 3 is 2.56 bits per heavy atom. The van der Waals surface area contributed by atoms with Crippen molar-refractivity contribution >= 4 is 17.2 Å². The highest BCUT2D eigenvalue weighted by Crippen LogP contribution is 2.36. The van der Waals surface area contributed by atoms with Crippen LogP contribution in [-0.2, 0) is 4.74 Å². The van der Waals surface area contributed by atoms with Gasteiger partial charge in [0.05, 0.1) is 24.8 Å². The van der Waals surface area contributed by atoms with Gasteiger partial charge in [0.25, 0.3) is 5.91 Å². The van der Waals surface area contributed by atoms with Crippen LogP contribution in [0.15, 0.2) is 48.7 Å². The van der Waals surface area contributed by atoms with Crippen LogP contribution >= 0.6 is 0 Å². The van der Waals surface area contributed by atoms with E-state index in [0.29, 0.717) is 24.6 Å². The van der Waals surface area contributed by atoms with E-state index in [9.17, 15) is 4.79 Å². The molecule has 2 atom stereocenters. The third-order valence-electron chi connectivity index (χ3n) is 6.19. The van der Waals surface area contributed by atoms with Gasteiger partial charge in [-0.25, -0.2) is 9.50 Å². The zero-order chi connectivity index (χ0) is 23.8. The summed E-state index contributed by atoms with van der Waals surface area (Å²) >= 11 is 0. The van der Waals surface area contributed by atoms with Crippen LogP contribution in [0.4, 0.5) is 5.69 Å². The van der Waals surface area contributed by atoms with E-state index in [2.05, 4.69) is 28.6 Å². The molecule has 34 heavy (non-hydrogen) atoms. The first-order chi connectivity index (χ1) is 16.4. The lowest BCUT2D eigenvalue weighted by Crippen LogP contribution is -2.39. The van der Waals surface area contributed by atoms with Crippen LogP contribution in [0.5, 0.6) is 0 Å². The van der Waals surface area contributed by atoms with Crippen LogP contribution in [0.25, 0.3) is 28.0 Å². The van der Waals surface area contributed by atoms with Crippen LogP contribution in [0.3, 0.4) is 0 Å². The van der Waals surface area contributed by atoms with E-state index in [0.717, 1.165) is 39.5 Å². The molecule has 8 nitrogen and oxygen atoms in total. The molecule has 4 aromatic rings. The van der Waals surface area contributed by atoms with Gasteiger partial charge >= 0.3 is 0 Å². The molecule has 1 fully saturated rings. The number of benzene rings is 1. The summed E-state index contributed by atoms with van der Waals surface area (Å²) in [6, 6.07) is 13.8. The largest absolute Gasteiger partial charge is 0.388 e. The van der Waals surface area contributed by atoms with E-state index in [-0.39, 0.29) is 17.9 Å². The monoisotopic (exact) mass is 456 g/mol. The summed E-state index contributed by atoms with van der Waals surface area (Å²) < 4.78 is 7.22. The standard InChI is InChI=1S/C26H28N6O2/c1-15-13-34-14-22(15)30-26(33)21-8-9-32-25(29-21)23(19-10-16(2)28-17(3)11-19)24(31-32)18-6-5-7-20(12-18)27-4/h5-12,15,22,27H,13-14H2,1-4H3,(H,30,33)/t15-,22+/m1/s1. The first kappa shape index (κ1) is 22.0.